The third kappa shape index (κ3) is 2.72. The van der Waals surface area contributed by atoms with E-state index in [4.69, 9.17) is 9.15 Å². The number of pyridine rings is 1. The van der Waals surface area contributed by atoms with E-state index in [0.717, 1.165) is 47.7 Å². The Hall–Kier alpha value is -2.62. The van der Waals surface area contributed by atoms with Crippen LogP contribution < -0.4 is 4.74 Å². The van der Waals surface area contributed by atoms with E-state index in [-0.39, 0.29) is 0 Å². The lowest BCUT2D eigenvalue weighted by molar-refractivity contribution is 0.414. The van der Waals surface area contributed by atoms with Crippen molar-refractivity contribution in [3.8, 4) is 17.2 Å². The second kappa shape index (κ2) is 5.88. The summed E-state index contributed by atoms with van der Waals surface area (Å²) in [6, 6.07) is 13.9. The molecule has 2 aromatic heterocycles. The van der Waals surface area contributed by atoms with Crippen molar-refractivity contribution < 1.29 is 9.15 Å². The van der Waals surface area contributed by atoms with Gasteiger partial charge in [0.05, 0.1) is 12.8 Å². The SMILES string of the molecule is COc1cccc(-c2nc3c(o2)CC(c2ccccn2)CC3)c1. The Bertz CT molecular complexity index is 811. The minimum Gasteiger partial charge on any atom is -0.497 e. The molecule has 1 aliphatic carbocycles. The topological polar surface area (TPSA) is 48.2 Å². The monoisotopic (exact) mass is 306 g/mol. The minimum atomic E-state index is 0.412. The molecule has 3 aromatic rings. The summed E-state index contributed by atoms with van der Waals surface area (Å²) in [5.41, 5.74) is 3.17. The molecule has 0 N–H and O–H groups in total. The van der Waals surface area contributed by atoms with Crippen molar-refractivity contribution >= 4 is 0 Å². The van der Waals surface area contributed by atoms with Crippen LogP contribution >= 0.6 is 0 Å². The maximum Gasteiger partial charge on any atom is 0.226 e. The summed E-state index contributed by atoms with van der Waals surface area (Å²) in [6.45, 7) is 0. The predicted octanol–water partition coefficient (Wildman–Crippen LogP) is 4.02. The molecule has 0 amide bonds. The molecular formula is C19H18N2O2. The first-order chi connectivity index (χ1) is 11.3. The Kier molecular flexibility index (Phi) is 3.58. The summed E-state index contributed by atoms with van der Waals surface area (Å²) in [4.78, 5) is 9.17. The molecule has 0 saturated carbocycles. The molecule has 2 heterocycles. The zero-order valence-corrected chi connectivity index (χ0v) is 13.0. The number of nitrogens with zero attached hydrogens (tertiary/aromatic N) is 2. The average molecular weight is 306 g/mol. The van der Waals surface area contributed by atoms with E-state index < -0.39 is 0 Å². The second-order valence-electron chi connectivity index (χ2n) is 5.82. The number of benzene rings is 1. The summed E-state index contributed by atoms with van der Waals surface area (Å²) in [7, 11) is 1.66. The minimum absolute atomic E-state index is 0.412. The van der Waals surface area contributed by atoms with E-state index in [1.165, 1.54) is 0 Å². The number of fused-ring (bicyclic) bond motifs is 1. The first kappa shape index (κ1) is 14.0. The van der Waals surface area contributed by atoms with Crippen LogP contribution in [0.4, 0.5) is 0 Å². The number of aryl methyl sites for hydroxylation is 1. The highest BCUT2D eigenvalue weighted by Crippen LogP contribution is 2.34. The Balaban J connectivity index is 1.62. The largest absolute Gasteiger partial charge is 0.497 e. The van der Waals surface area contributed by atoms with Crippen LogP contribution in [0.2, 0.25) is 0 Å². The van der Waals surface area contributed by atoms with E-state index in [1.807, 2.05) is 42.6 Å². The fraction of sp³-hybridized carbons (Fsp3) is 0.263. The fourth-order valence-electron chi connectivity index (χ4n) is 3.12. The van der Waals surface area contributed by atoms with E-state index in [9.17, 15) is 0 Å². The zero-order chi connectivity index (χ0) is 15.6. The van der Waals surface area contributed by atoms with E-state index in [1.54, 1.807) is 7.11 Å². The van der Waals surface area contributed by atoms with Gasteiger partial charge in [-0.15, -0.1) is 0 Å². The van der Waals surface area contributed by atoms with Crippen LogP contribution in [0, 0.1) is 0 Å². The number of rotatable bonds is 3. The van der Waals surface area contributed by atoms with Crippen molar-refractivity contribution in [1.82, 2.24) is 9.97 Å². The molecule has 116 valence electrons. The van der Waals surface area contributed by atoms with Gasteiger partial charge >= 0.3 is 0 Å². The van der Waals surface area contributed by atoms with Crippen molar-refractivity contribution in [2.24, 2.45) is 0 Å². The summed E-state index contributed by atoms with van der Waals surface area (Å²) < 4.78 is 11.3. The van der Waals surface area contributed by atoms with Crippen LogP contribution in [-0.4, -0.2) is 17.1 Å². The highest BCUT2D eigenvalue weighted by atomic mass is 16.5. The Morgan fingerprint density at radius 2 is 2.13 bits per heavy atom. The van der Waals surface area contributed by atoms with Crippen molar-refractivity contribution in [3.63, 3.8) is 0 Å². The van der Waals surface area contributed by atoms with Gasteiger partial charge in [-0.2, -0.15) is 0 Å². The van der Waals surface area contributed by atoms with Crippen molar-refractivity contribution in [2.75, 3.05) is 7.11 Å². The van der Waals surface area contributed by atoms with Gasteiger partial charge in [0.25, 0.3) is 0 Å². The average Bonchev–Trinajstić information content (AvgIpc) is 3.06. The van der Waals surface area contributed by atoms with Gasteiger partial charge in [-0.1, -0.05) is 12.1 Å². The van der Waals surface area contributed by atoms with Crippen LogP contribution in [0.5, 0.6) is 5.75 Å². The van der Waals surface area contributed by atoms with E-state index >= 15 is 0 Å². The lowest BCUT2D eigenvalue weighted by Crippen LogP contribution is -2.12. The first-order valence-electron chi connectivity index (χ1n) is 7.87. The smallest absolute Gasteiger partial charge is 0.226 e. The molecule has 1 aliphatic rings. The van der Waals surface area contributed by atoms with Gasteiger partial charge in [0.1, 0.15) is 11.5 Å². The molecular weight excluding hydrogens is 288 g/mol. The highest BCUT2D eigenvalue weighted by Gasteiger charge is 2.26. The number of hydrogen-bond acceptors (Lipinski definition) is 4. The van der Waals surface area contributed by atoms with Gasteiger partial charge in [-0.05, 0) is 43.2 Å². The Morgan fingerprint density at radius 1 is 1.17 bits per heavy atom. The Morgan fingerprint density at radius 3 is 2.96 bits per heavy atom. The van der Waals surface area contributed by atoms with Gasteiger partial charge in [0.15, 0.2) is 0 Å². The lowest BCUT2D eigenvalue weighted by atomic mass is 9.88. The van der Waals surface area contributed by atoms with Crippen molar-refractivity contribution in [1.29, 1.82) is 0 Å². The predicted molar refractivity (Wildman–Crippen MR) is 87.5 cm³/mol. The van der Waals surface area contributed by atoms with E-state index in [0.29, 0.717) is 11.8 Å². The molecule has 0 fully saturated rings. The molecule has 0 aliphatic heterocycles. The molecule has 4 nitrogen and oxygen atoms in total. The molecule has 0 spiro atoms. The number of hydrogen-bond donors (Lipinski definition) is 0. The highest BCUT2D eigenvalue weighted by molar-refractivity contribution is 5.56. The molecule has 0 bridgehead atoms. The maximum atomic E-state index is 6.05. The molecule has 4 heteroatoms. The third-order valence-electron chi connectivity index (χ3n) is 4.36. The molecule has 1 atom stereocenters. The van der Waals surface area contributed by atoms with Crippen LogP contribution in [0.3, 0.4) is 0 Å². The van der Waals surface area contributed by atoms with Gasteiger partial charge in [0.2, 0.25) is 5.89 Å². The molecule has 1 aromatic carbocycles. The molecule has 0 saturated heterocycles. The lowest BCUT2D eigenvalue weighted by Gasteiger charge is -2.19. The number of oxazole rings is 1. The molecule has 23 heavy (non-hydrogen) atoms. The number of ether oxygens (including phenoxy) is 1. The normalized spacial score (nSPS) is 16.8. The fourth-order valence-corrected chi connectivity index (χ4v) is 3.12. The number of methoxy groups -OCH3 is 1. The van der Waals surface area contributed by atoms with Crippen molar-refractivity contribution in [3.05, 3.63) is 65.8 Å². The van der Waals surface area contributed by atoms with Crippen molar-refractivity contribution in [2.45, 2.75) is 25.2 Å². The van der Waals surface area contributed by atoms with Crippen LogP contribution in [-0.2, 0) is 12.8 Å². The van der Waals surface area contributed by atoms with Crippen LogP contribution in [0.15, 0.2) is 53.1 Å². The standard InChI is InChI=1S/C19H18N2O2/c1-22-15-6-4-5-14(11-15)19-21-17-9-8-13(12-18(17)23-19)16-7-2-3-10-20-16/h2-7,10-11,13H,8-9,12H2,1H3. The maximum absolute atomic E-state index is 6.05. The third-order valence-corrected chi connectivity index (χ3v) is 4.36. The van der Waals surface area contributed by atoms with Gasteiger partial charge in [-0.25, -0.2) is 4.98 Å². The van der Waals surface area contributed by atoms with Gasteiger partial charge in [0, 0.05) is 29.8 Å². The van der Waals surface area contributed by atoms with E-state index in [2.05, 4.69) is 16.0 Å². The summed E-state index contributed by atoms with van der Waals surface area (Å²) in [5, 5.41) is 0. The Labute approximate surface area is 135 Å². The van der Waals surface area contributed by atoms with Crippen LogP contribution in [0.25, 0.3) is 11.5 Å². The zero-order valence-electron chi connectivity index (χ0n) is 13.0. The van der Waals surface area contributed by atoms with Crippen LogP contribution in [0.1, 0.15) is 29.5 Å². The summed E-state index contributed by atoms with van der Waals surface area (Å²) in [5.74, 6) is 2.89. The first-order valence-corrected chi connectivity index (χ1v) is 7.87. The second-order valence-corrected chi connectivity index (χ2v) is 5.82. The molecule has 4 rings (SSSR count). The van der Waals surface area contributed by atoms with Gasteiger partial charge in [-0.3, -0.25) is 4.98 Å². The summed E-state index contributed by atoms with van der Waals surface area (Å²) in [6.07, 6.45) is 4.72. The van der Waals surface area contributed by atoms with Gasteiger partial charge < -0.3 is 9.15 Å². The summed E-state index contributed by atoms with van der Waals surface area (Å²) >= 11 is 0. The molecule has 1 unspecified atom stereocenters. The molecule has 0 radical (unpaired) electrons. The number of aromatic nitrogens is 2. The quantitative estimate of drug-likeness (QED) is 0.733.